The van der Waals surface area contributed by atoms with Gasteiger partial charge in [-0.25, -0.2) is 0 Å². The van der Waals surface area contributed by atoms with Crippen molar-refractivity contribution in [1.29, 1.82) is 0 Å². The first-order valence-electron chi connectivity index (χ1n) is 11.3. The van der Waals surface area contributed by atoms with Crippen LogP contribution < -0.4 is 0 Å². The highest BCUT2D eigenvalue weighted by Gasteiger charge is 2.16. The zero-order chi connectivity index (χ0) is 22.7. The van der Waals surface area contributed by atoms with Gasteiger partial charge in [0.25, 0.3) is 0 Å². The Hall–Kier alpha value is -2.45. The third-order valence-corrected chi connectivity index (χ3v) is 6.82. The van der Waals surface area contributed by atoms with E-state index in [4.69, 9.17) is 12.2 Å². The van der Waals surface area contributed by atoms with E-state index in [1.54, 1.807) is 0 Å². The number of allylic oxidation sites excluding steroid dienone is 2. The summed E-state index contributed by atoms with van der Waals surface area (Å²) in [5.41, 5.74) is 7.15. The fraction of sp³-hybridized carbons (Fsp3) is 0.345. The van der Waals surface area contributed by atoms with Crippen molar-refractivity contribution < 1.29 is 0 Å². The lowest BCUT2D eigenvalue weighted by atomic mass is 9.84. The van der Waals surface area contributed by atoms with E-state index in [-0.39, 0.29) is 0 Å². The van der Waals surface area contributed by atoms with Gasteiger partial charge in [-0.15, -0.1) is 0 Å². The third-order valence-electron chi connectivity index (χ3n) is 6.41. The van der Waals surface area contributed by atoms with Crippen molar-refractivity contribution in [1.82, 2.24) is 4.57 Å². The quantitative estimate of drug-likeness (QED) is 0.255. The standard InChI is InChI=1S/C29H35NS/c1-19(2)21(5)15-22(6)23(7)16-24-13-14-26-18-27(25-11-9-8-10-12-25)29(31)30(20(3)4)28(26)17-24/h8-14,17-18,20,22-23H,1,5,15-16H2,2-4,6-7H3. The third kappa shape index (κ3) is 5.25. The van der Waals surface area contributed by atoms with Crippen LogP contribution in [0, 0.1) is 16.5 Å². The van der Waals surface area contributed by atoms with Crippen molar-refractivity contribution in [2.45, 2.75) is 53.5 Å². The second-order valence-corrected chi connectivity index (χ2v) is 9.72. The molecule has 0 saturated heterocycles. The predicted molar refractivity (Wildman–Crippen MR) is 139 cm³/mol. The maximum Gasteiger partial charge on any atom is 0.114 e. The van der Waals surface area contributed by atoms with Gasteiger partial charge in [0.15, 0.2) is 0 Å². The van der Waals surface area contributed by atoms with Crippen LogP contribution in [-0.4, -0.2) is 4.57 Å². The van der Waals surface area contributed by atoms with E-state index in [1.165, 1.54) is 27.6 Å². The van der Waals surface area contributed by atoms with Gasteiger partial charge in [-0.3, -0.25) is 0 Å². The van der Waals surface area contributed by atoms with Gasteiger partial charge in [0, 0.05) is 17.1 Å². The van der Waals surface area contributed by atoms with Crippen molar-refractivity contribution in [3.63, 3.8) is 0 Å². The molecule has 0 fully saturated rings. The van der Waals surface area contributed by atoms with Gasteiger partial charge in [0.1, 0.15) is 4.64 Å². The highest BCUT2D eigenvalue weighted by atomic mass is 32.1. The molecule has 1 heterocycles. The molecule has 3 rings (SSSR count). The SMILES string of the molecule is C=C(C)C(=C)CC(C)C(C)Cc1ccc2cc(-c3ccccc3)c(=S)n(C(C)C)c2c1. The summed E-state index contributed by atoms with van der Waals surface area (Å²) >= 11 is 5.97. The minimum absolute atomic E-state index is 0.296. The molecular formula is C29H35NS. The Morgan fingerprint density at radius 2 is 1.61 bits per heavy atom. The summed E-state index contributed by atoms with van der Waals surface area (Å²) in [5.74, 6) is 1.12. The van der Waals surface area contributed by atoms with E-state index in [9.17, 15) is 0 Å². The van der Waals surface area contributed by atoms with Gasteiger partial charge in [-0.1, -0.05) is 92.8 Å². The zero-order valence-electron chi connectivity index (χ0n) is 19.6. The maximum atomic E-state index is 5.97. The molecule has 1 nitrogen and oxygen atoms in total. The number of rotatable bonds is 8. The minimum Gasteiger partial charge on any atom is -0.329 e. The van der Waals surface area contributed by atoms with E-state index < -0.39 is 0 Å². The average molecular weight is 430 g/mol. The molecule has 2 heteroatoms. The normalized spacial score (nSPS) is 13.4. The number of hydrogen-bond acceptors (Lipinski definition) is 1. The number of nitrogens with zero attached hydrogens (tertiary/aromatic N) is 1. The summed E-state index contributed by atoms with van der Waals surface area (Å²) < 4.78 is 3.22. The summed E-state index contributed by atoms with van der Waals surface area (Å²) in [5, 5.41) is 1.24. The van der Waals surface area contributed by atoms with E-state index in [0.717, 1.165) is 28.6 Å². The molecule has 31 heavy (non-hydrogen) atoms. The molecule has 0 radical (unpaired) electrons. The summed E-state index contributed by atoms with van der Waals surface area (Å²) in [6.07, 6.45) is 2.05. The van der Waals surface area contributed by atoms with Crippen LogP contribution in [0.3, 0.4) is 0 Å². The highest BCUT2D eigenvalue weighted by molar-refractivity contribution is 7.71. The van der Waals surface area contributed by atoms with Crippen molar-refractivity contribution >= 4 is 23.1 Å². The van der Waals surface area contributed by atoms with Crippen LogP contribution in [0.5, 0.6) is 0 Å². The number of hydrogen-bond donors (Lipinski definition) is 0. The molecule has 0 aliphatic carbocycles. The molecule has 162 valence electrons. The first-order chi connectivity index (χ1) is 14.7. The van der Waals surface area contributed by atoms with Crippen LogP contribution >= 0.6 is 12.2 Å². The van der Waals surface area contributed by atoms with E-state index in [0.29, 0.717) is 17.9 Å². The summed E-state index contributed by atoms with van der Waals surface area (Å²) in [6.45, 7) is 19.4. The topological polar surface area (TPSA) is 4.93 Å². The lowest BCUT2D eigenvalue weighted by Gasteiger charge is -2.22. The summed E-state index contributed by atoms with van der Waals surface area (Å²) in [6, 6.07) is 19.9. The maximum absolute atomic E-state index is 5.97. The second kappa shape index (κ2) is 9.78. The van der Waals surface area contributed by atoms with Gasteiger partial charge >= 0.3 is 0 Å². The van der Waals surface area contributed by atoms with E-state index in [1.807, 2.05) is 13.0 Å². The fourth-order valence-corrected chi connectivity index (χ4v) is 4.66. The van der Waals surface area contributed by atoms with Crippen LogP contribution in [0.15, 0.2) is 78.9 Å². The van der Waals surface area contributed by atoms with Crippen LogP contribution in [0.2, 0.25) is 0 Å². The van der Waals surface area contributed by atoms with Crippen LogP contribution in [0.4, 0.5) is 0 Å². The fourth-order valence-electron chi connectivity index (χ4n) is 4.18. The van der Waals surface area contributed by atoms with Gasteiger partial charge in [-0.2, -0.15) is 0 Å². The van der Waals surface area contributed by atoms with Crippen LogP contribution in [0.1, 0.15) is 52.6 Å². The molecule has 0 N–H and O–H groups in total. The lowest BCUT2D eigenvalue weighted by molar-refractivity contribution is 0.384. The number of aromatic nitrogens is 1. The zero-order valence-corrected chi connectivity index (χ0v) is 20.4. The van der Waals surface area contributed by atoms with Gasteiger partial charge in [0.2, 0.25) is 0 Å². The Bertz CT molecular complexity index is 1150. The Labute approximate surface area is 193 Å². The first-order valence-corrected chi connectivity index (χ1v) is 11.7. The molecule has 0 spiro atoms. The molecule has 2 atom stereocenters. The van der Waals surface area contributed by atoms with Crippen molar-refractivity contribution in [2.75, 3.05) is 0 Å². The molecule has 2 unspecified atom stereocenters. The van der Waals surface area contributed by atoms with Gasteiger partial charge in [-0.05, 0) is 74.1 Å². The molecule has 0 aliphatic rings. The van der Waals surface area contributed by atoms with Gasteiger partial charge in [0.05, 0.1) is 0 Å². The molecule has 0 amide bonds. The molecule has 1 aromatic heterocycles. The smallest absolute Gasteiger partial charge is 0.114 e. The van der Waals surface area contributed by atoms with Crippen LogP contribution in [-0.2, 0) is 6.42 Å². The number of fused-ring (bicyclic) bond motifs is 1. The Balaban J connectivity index is 1.98. The Morgan fingerprint density at radius 3 is 2.23 bits per heavy atom. The summed E-state index contributed by atoms with van der Waals surface area (Å²) in [4.78, 5) is 0. The molecule has 2 aromatic carbocycles. The van der Waals surface area contributed by atoms with E-state index >= 15 is 0 Å². The second-order valence-electron chi connectivity index (χ2n) is 9.33. The number of pyridine rings is 1. The average Bonchev–Trinajstić information content (AvgIpc) is 2.73. The molecule has 0 bridgehead atoms. The Morgan fingerprint density at radius 1 is 0.935 bits per heavy atom. The number of benzene rings is 2. The highest BCUT2D eigenvalue weighted by Crippen LogP contribution is 2.31. The molecule has 3 aromatic rings. The minimum atomic E-state index is 0.296. The Kier molecular flexibility index (Phi) is 7.33. The van der Waals surface area contributed by atoms with E-state index in [2.05, 4.69) is 94.0 Å². The monoisotopic (exact) mass is 429 g/mol. The lowest BCUT2D eigenvalue weighted by Crippen LogP contribution is -2.12. The van der Waals surface area contributed by atoms with Crippen molar-refractivity contribution in [3.8, 4) is 11.1 Å². The van der Waals surface area contributed by atoms with Gasteiger partial charge < -0.3 is 4.57 Å². The molecular weight excluding hydrogens is 394 g/mol. The van der Waals surface area contributed by atoms with Crippen molar-refractivity contribution in [2.24, 2.45) is 11.8 Å². The largest absolute Gasteiger partial charge is 0.329 e. The molecule has 0 saturated carbocycles. The first kappa shape index (κ1) is 23.2. The predicted octanol–water partition coefficient (Wildman–Crippen LogP) is 8.96. The van der Waals surface area contributed by atoms with Crippen molar-refractivity contribution in [3.05, 3.63) is 89.1 Å². The molecule has 0 aliphatic heterocycles. The van der Waals surface area contributed by atoms with Crippen LogP contribution in [0.25, 0.3) is 22.0 Å². The summed E-state index contributed by atoms with van der Waals surface area (Å²) in [7, 11) is 0.